The van der Waals surface area contributed by atoms with Crippen molar-refractivity contribution in [2.45, 2.75) is 0 Å². The first-order chi connectivity index (χ1) is 4.91. The summed E-state index contributed by atoms with van der Waals surface area (Å²) < 4.78 is 0. The van der Waals surface area contributed by atoms with Crippen LogP contribution in [0.15, 0.2) is 0 Å². The summed E-state index contributed by atoms with van der Waals surface area (Å²) in [7, 11) is 4.58. The van der Waals surface area contributed by atoms with Crippen molar-refractivity contribution in [1.82, 2.24) is 0 Å². The van der Waals surface area contributed by atoms with E-state index in [4.69, 9.17) is 16.6 Å². The number of hydrogen-bond donors (Lipinski definition) is 3. The van der Waals surface area contributed by atoms with Gasteiger partial charge in [0, 0.05) is 31.7 Å². The van der Waals surface area contributed by atoms with Gasteiger partial charge in [-0.2, -0.15) is 0 Å². The molecule has 0 spiro atoms. The zero-order chi connectivity index (χ0) is 8.24. The molecule has 0 rings (SSSR count). The fourth-order valence-corrected chi connectivity index (χ4v) is 1.93. The molecule has 11 heavy (non-hydrogen) atoms. The molecule has 0 bridgehead atoms. The van der Waals surface area contributed by atoms with Gasteiger partial charge in [-0.05, 0) is 0 Å². The summed E-state index contributed by atoms with van der Waals surface area (Å²) in [5, 5.41) is 7.00. The van der Waals surface area contributed by atoms with Crippen molar-refractivity contribution in [2.75, 3.05) is 31.7 Å². The van der Waals surface area contributed by atoms with Crippen molar-refractivity contribution in [3.63, 3.8) is 0 Å². The third-order valence-corrected chi connectivity index (χ3v) is 2.96. The van der Waals surface area contributed by atoms with E-state index in [-0.39, 0.29) is 12.4 Å². The smallest absolute Gasteiger partial charge is 0.0319 e. The highest BCUT2D eigenvalue weighted by molar-refractivity contribution is 8.76. The maximum absolute atomic E-state index is 7.00. The maximum Gasteiger partial charge on any atom is 0.0319 e. The molecule has 5 N–H and O–H groups in total. The van der Waals surface area contributed by atoms with Crippen LogP contribution in [0, 0.1) is 0 Å². The lowest BCUT2D eigenvalue weighted by molar-refractivity contribution is 0.399. The Bertz CT molecular complexity index is 47.5. The van der Waals surface area contributed by atoms with E-state index in [0.29, 0.717) is 0 Å². The minimum atomic E-state index is 0. The quantitative estimate of drug-likeness (QED) is 0.460. The molecule has 0 heterocycles. The SMILES string of the molecule is CO.Cl.NCCSSCCN. The number of aliphatic hydroxyl groups is 1. The molecular weight excluding hydrogens is 204 g/mol. The van der Waals surface area contributed by atoms with Crippen molar-refractivity contribution in [1.29, 1.82) is 0 Å². The highest BCUT2D eigenvalue weighted by atomic mass is 35.5. The van der Waals surface area contributed by atoms with Crippen LogP contribution < -0.4 is 11.5 Å². The van der Waals surface area contributed by atoms with Crippen LogP contribution in [0.2, 0.25) is 0 Å². The van der Waals surface area contributed by atoms with Crippen LogP contribution in [0.3, 0.4) is 0 Å². The van der Waals surface area contributed by atoms with Gasteiger partial charge < -0.3 is 16.6 Å². The van der Waals surface area contributed by atoms with E-state index in [1.54, 1.807) is 21.6 Å². The van der Waals surface area contributed by atoms with Crippen molar-refractivity contribution in [3.05, 3.63) is 0 Å². The Morgan fingerprint density at radius 3 is 1.45 bits per heavy atom. The molecule has 0 radical (unpaired) electrons. The van der Waals surface area contributed by atoms with E-state index in [0.717, 1.165) is 31.7 Å². The highest BCUT2D eigenvalue weighted by Gasteiger charge is 1.84. The largest absolute Gasteiger partial charge is 0.400 e. The third kappa shape index (κ3) is 24.8. The summed E-state index contributed by atoms with van der Waals surface area (Å²) in [6.07, 6.45) is 0. The number of nitrogens with two attached hydrogens (primary N) is 2. The Balaban J connectivity index is -0.000000196. The van der Waals surface area contributed by atoms with E-state index in [2.05, 4.69) is 0 Å². The van der Waals surface area contributed by atoms with Gasteiger partial charge in [-0.1, -0.05) is 21.6 Å². The monoisotopic (exact) mass is 220 g/mol. The first-order valence-electron chi connectivity index (χ1n) is 3.01. The van der Waals surface area contributed by atoms with Gasteiger partial charge in [0.1, 0.15) is 0 Å². The molecule has 0 unspecified atom stereocenters. The lowest BCUT2D eigenvalue weighted by atomic mass is 10.8. The van der Waals surface area contributed by atoms with E-state index >= 15 is 0 Å². The summed E-state index contributed by atoms with van der Waals surface area (Å²) in [5.74, 6) is 2.06. The molecule has 0 saturated heterocycles. The average Bonchev–Trinajstić information content (AvgIpc) is 2.02. The van der Waals surface area contributed by atoms with E-state index in [1.807, 2.05) is 0 Å². The third-order valence-electron chi connectivity index (χ3n) is 0.486. The van der Waals surface area contributed by atoms with Crippen LogP contribution in [0.25, 0.3) is 0 Å². The molecule has 0 aliphatic carbocycles. The zero-order valence-electron chi connectivity index (χ0n) is 6.66. The van der Waals surface area contributed by atoms with Crippen LogP contribution in [0.4, 0.5) is 0 Å². The maximum atomic E-state index is 7.00. The standard InChI is InChI=1S/C4H12N2S2.CH4O.ClH/c5-1-3-7-8-4-2-6;1-2;/h1-6H2;2H,1H3;1H. The summed E-state index contributed by atoms with van der Waals surface area (Å²) in [5.41, 5.74) is 10.5. The summed E-state index contributed by atoms with van der Waals surface area (Å²) >= 11 is 0. The van der Waals surface area contributed by atoms with Crippen molar-refractivity contribution < 1.29 is 5.11 Å². The molecule has 0 aliphatic rings. The van der Waals surface area contributed by atoms with E-state index in [9.17, 15) is 0 Å². The Kier molecular flexibility index (Phi) is 36.4. The van der Waals surface area contributed by atoms with Crippen molar-refractivity contribution in [2.24, 2.45) is 11.5 Å². The predicted molar refractivity (Wildman–Crippen MR) is 58.4 cm³/mol. The number of aliphatic hydroxyl groups excluding tert-OH is 1. The second-order valence-corrected chi connectivity index (χ2v) is 3.92. The van der Waals surface area contributed by atoms with Gasteiger partial charge in [-0.25, -0.2) is 0 Å². The predicted octanol–water partition coefficient (Wildman–Crippen LogP) is 0.316. The first-order valence-corrected chi connectivity index (χ1v) is 5.50. The van der Waals surface area contributed by atoms with Crippen LogP contribution in [0.1, 0.15) is 0 Å². The van der Waals surface area contributed by atoms with Gasteiger partial charge in [-0.3, -0.25) is 0 Å². The lowest BCUT2D eigenvalue weighted by Crippen LogP contribution is -2.02. The molecule has 0 aromatic rings. The van der Waals surface area contributed by atoms with Gasteiger partial charge in [0.25, 0.3) is 0 Å². The van der Waals surface area contributed by atoms with Crippen LogP contribution in [0.5, 0.6) is 0 Å². The zero-order valence-corrected chi connectivity index (χ0v) is 9.10. The Morgan fingerprint density at radius 2 is 1.27 bits per heavy atom. The summed E-state index contributed by atoms with van der Waals surface area (Å²) in [6.45, 7) is 1.53. The topological polar surface area (TPSA) is 72.3 Å². The number of rotatable bonds is 5. The molecule has 72 valence electrons. The fraction of sp³-hybridized carbons (Fsp3) is 1.00. The molecule has 0 atom stereocenters. The van der Waals surface area contributed by atoms with E-state index in [1.165, 1.54) is 0 Å². The average molecular weight is 221 g/mol. The van der Waals surface area contributed by atoms with E-state index < -0.39 is 0 Å². The number of hydrogen-bond acceptors (Lipinski definition) is 5. The number of halogens is 1. The Labute approximate surface area is 82.5 Å². The molecule has 0 amide bonds. The highest BCUT2D eigenvalue weighted by Crippen LogP contribution is 2.18. The van der Waals surface area contributed by atoms with Crippen LogP contribution in [-0.2, 0) is 0 Å². The second-order valence-electron chi connectivity index (χ2n) is 1.22. The first kappa shape index (κ1) is 17.8. The van der Waals surface area contributed by atoms with Crippen molar-refractivity contribution in [3.8, 4) is 0 Å². The molecular formula is C5H17ClN2OS2. The summed E-state index contributed by atoms with van der Waals surface area (Å²) in [4.78, 5) is 0. The molecule has 0 aromatic heterocycles. The van der Waals surface area contributed by atoms with Gasteiger partial charge in [0.2, 0.25) is 0 Å². The molecule has 6 heteroatoms. The molecule has 0 saturated carbocycles. The molecule has 0 fully saturated rings. The molecule has 3 nitrogen and oxygen atoms in total. The normalized spacial score (nSPS) is 7.64. The van der Waals surface area contributed by atoms with Gasteiger partial charge in [-0.15, -0.1) is 12.4 Å². The van der Waals surface area contributed by atoms with Gasteiger partial charge >= 0.3 is 0 Å². The molecule has 0 aliphatic heterocycles. The fourth-order valence-electron chi connectivity index (χ4n) is 0.214. The summed E-state index contributed by atoms with van der Waals surface area (Å²) in [6, 6.07) is 0. The Morgan fingerprint density at radius 1 is 1.00 bits per heavy atom. The minimum absolute atomic E-state index is 0. The second kappa shape index (κ2) is 22.4. The Hall–Kier alpha value is 0.870. The van der Waals surface area contributed by atoms with Crippen molar-refractivity contribution >= 4 is 34.0 Å². The van der Waals surface area contributed by atoms with Gasteiger partial charge in [0.05, 0.1) is 0 Å². The minimum Gasteiger partial charge on any atom is -0.400 e. The van der Waals surface area contributed by atoms with Gasteiger partial charge in [0.15, 0.2) is 0 Å². The van der Waals surface area contributed by atoms with Crippen LogP contribution >= 0.6 is 34.0 Å². The lowest BCUT2D eigenvalue weighted by Gasteiger charge is -1.93. The molecule has 0 aromatic carbocycles. The van der Waals surface area contributed by atoms with Crippen LogP contribution in [-0.4, -0.2) is 36.8 Å².